The van der Waals surface area contributed by atoms with Gasteiger partial charge in [-0.1, -0.05) is 167 Å². The number of rotatable bonds is 35. The number of amides is 5. The smallest absolute Gasteiger partial charge is 0.328 e. The molecule has 0 radical (unpaired) electrons. The summed E-state index contributed by atoms with van der Waals surface area (Å²) in [4.78, 5) is 97.4. The second-order valence-corrected chi connectivity index (χ2v) is 23.4. The van der Waals surface area contributed by atoms with Crippen molar-refractivity contribution in [3.05, 3.63) is 87.5 Å². The van der Waals surface area contributed by atoms with Crippen molar-refractivity contribution < 1.29 is 73.1 Å². The van der Waals surface area contributed by atoms with E-state index in [4.69, 9.17) is 24.7 Å². The van der Waals surface area contributed by atoms with Gasteiger partial charge < -0.3 is 71.7 Å². The average molecular weight is 1220 g/mol. The number of hydrogen-bond acceptors (Lipinski definition) is 16. The first-order valence-electron chi connectivity index (χ1n) is 31.3. The number of methoxy groups -OCH3 is 1. The van der Waals surface area contributed by atoms with Crippen LogP contribution >= 0.6 is 0 Å². The quantitative estimate of drug-likeness (QED) is 0.0156. The van der Waals surface area contributed by atoms with Crippen LogP contribution in [-0.4, -0.2) is 129 Å². The van der Waals surface area contributed by atoms with Crippen LogP contribution in [0.4, 0.5) is 5.69 Å². The molecule has 3 aliphatic heterocycles. The standard InChI is InChI=1S/C64H95N7O16/c1-6-8-10-12-14-16-18-20-25-29-52(73)68-55(63(80)81)54-43-37-49(59(84-5)50(38-43)86-64-56(58(76)57(75)51(39-72)87-64)69-53(74)30-26-21-19-17-15-13-11-9-7-2)85-48-32-31-42(36-47(48)71(82)83)35-46(66-60(77)44(65)33-40(3)4)61(78)67-45(62(79)70-54)34-41-27-23-22-24-28-41/h22-24,27-28,31-32,36-38,40,44-46,51,54-58,64,72,75-76H,6-21,25-26,29-30,33-35,39,65H2,1-5H3,(H,66,77)(H,67,78)(H,68,73)(H,69,74)(H,70,79)(H,80,81)/t44-,45+,46-,51-,54-,55-,56-,57-,58-,64-/m1/s1. The molecule has 23 heteroatoms. The molecule has 0 spiro atoms. The van der Waals surface area contributed by atoms with Crippen molar-refractivity contribution in [3.63, 3.8) is 0 Å². The third kappa shape index (κ3) is 22.6. The molecule has 3 aromatic carbocycles. The topological polar surface area (TPSA) is 350 Å². The summed E-state index contributed by atoms with van der Waals surface area (Å²) in [5, 5.41) is 70.9. The average Bonchev–Trinajstić information content (AvgIpc) is 1.56. The number of nitrogens with two attached hydrogens (primary N) is 1. The van der Waals surface area contributed by atoms with Crippen LogP contribution in [0.3, 0.4) is 0 Å². The molecule has 23 nitrogen and oxygen atoms in total. The zero-order chi connectivity index (χ0) is 63.4. The molecule has 482 valence electrons. The molecule has 0 saturated carbocycles. The molecular weight excluding hydrogens is 1120 g/mol. The van der Waals surface area contributed by atoms with E-state index >= 15 is 4.79 Å². The lowest BCUT2D eigenvalue weighted by atomic mass is 9.95. The van der Waals surface area contributed by atoms with Gasteiger partial charge in [-0.15, -0.1) is 0 Å². The molecule has 1 fully saturated rings. The number of carboxylic acid groups (broad SMARTS) is 1. The summed E-state index contributed by atoms with van der Waals surface area (Å²) in [6.45, 7) is 7.20. The molecule has 4 bridgehead atoms. The molecule has 87 heavy (non-hydrogen) atoms. The molecular formula is C64H95N7O16. The van der Waals surface area contributed by atoms with Crippen molar-refractivity contribution >= 4 is 41.2 Å². The Bertz CT molecular complexity index is 2680. The highest BCUT2D eigenvalue weighted by atomic mass is 16.7. The summed E-state index contributed by atoms with van der Waals surface area (Å²) < 4.78 is 24.8. The summed E-state index contributed by atoms with van der Waals surface area (Å²) in [5.41, 5.74) is 6.18. The number of carbonyl (C=O) groups is 6. The van der Waals surface area contributed by atoms with Crippen molar-refractivity contribution in [2.45, 2.75) is 236 Å². The molecule has 3 aliphatic rings. The summed E-state index contributed by atoms with van der Waals surface area (Å²) in [6.07, 6.45) is 10.3. The number of nitrogens with one attached hydrogen (secondary N) is 5. The summed E-state index contributed by atoms with van der Waals surface area (Å²) in [7, 11) is 1.20. The largest absolute Gasteiger partial charge is 0.490 e. The molecule has 1 saturated heterocycles. The molecule has 0 aliphatic carbocycles. The minimum atomic E-state index is -2.00. The number of benzene rings is 3. The first kappa shape index (κ1) is 70.8. The van der Waals surface area contributed by atoms with Crippen molar-refractivity contribution in [1.29, 1.82) is 0 Å². The number of ether oxygens (including phenoxy) is 4. The van der Waals surface area contributed by atoms with Gasteiger partial charge in [0.2, 0.25) is 47.3 Å². The van der Waals surface area contributed by atoms with Gasteiger partial charge in [-0.2, -0.15) is 0 Å². The van der Waals surface area contributed by atoms with Gasteiger partial charge in [0.25, 0.3) is 0 Å². The maximum Gasteiger partial charge on any atom is 0.328 e. The molecule has 3 heterocycles. The third-order valence-corrected chi connectivity index (χ3v) is 15.8. The SMILES string of the molecule is CCCCCCCCCCCC(=O)N[C@H]1[C@H](Oc2cc3cc(c2OC)Oc2ccc(cc2[N+](=O)[O-])C[C@@H](NC(=O)[C@H](N)CC(C)C)C(=O)N[C@@H](Cc2ccccc2)C(=O)N[C@H]3[C@@H](NC(=O)CCCCCCCCCCC)C(=O)O)O[C@H](CO)[C@@H](O)[C@@H]1O. The van der Waals surface area contributed by atoms with Crippen LogP contribution in [-0.2, 0) is 46.3 Å². The summed E-state index contributed by atoms with van der Waals surface area (Å²) in [5.74, 6) is -6.89. The fourth-order valence-electron chi connectivity index (χ4n) is 10.9. The second kappa shape index (κ2) is 37.0. The van der Waals surface area contributed by atoms with Crippen LogP contribution in [0, 0.1) is 16.0 Å². The fourth-order valence-corrected chi connectivity index (χ4v) is 10.9. The van der Waals surface area contributed by atoms with Gasteiger partial charge in [0, 0.05) is 31.7 Å². The van der Waals surface area contributed by atoms with Crippen molar-refractivity contribution in [2.75, 3.05) is 13.7 Å². The molecule has 11 N–H and O–H groups in total. The highest BCUT2D eigenvalue weighted by molar-refractivity contribution is 5.94. The lowest BCUT2D eigenvalue weighted by Crippen LogP contribution is -2.65. The van der Waals surface area contributed by atoms with Crippen LogP contribution in [0.2, 0.25) is 0 Å². The van der Waals surface area contributed by atoms with Gasteiger partial charge in [-0.3, -0.25) is 34.1 Å². The van der Waals surface area contributed by atoms with E-state index in [9.17, 15) is 54.5 Å². The molecule has 0 unspecified atom stereocenters. The van der Waals surface area contributed by atoms with E-state index in [1.54, 1.807) is 30.3 Å². The van der Waals surface area contributed by atoms with E-state index in [0.717, 1.165) is 89.5 Å². The minimum absolute atomic E-state index is 0.0152. The third-order valence-electron chi connectivity index (χ3n) is 15.8. The Balaban J connectivity index is 1.66. The van der Waals surface area contributed by atoms with Crippen LogP contribution < -0.4 is 46.5 Å². The Morgan fingerprint density at radius 2 is 1.37 bits per heavy atom. The number of nitrogens with zero attached hydrogens (tertiary/aromatic N) is 1. The van der Waals surface area contributed by atoms with Gasteiger partial charge in [-0.25, -0.2) is 4.79 Å². The number of carbonyl (C=O) groups excluding carboxylic acids is 5. The van der Waals surface area contributed by atoms with E-state index in [1.807, 2.05) is 13.8 Å². The summed E-state index contributed by atoms with van der Waals surface area (Å²) >= 11 is 0. The predicted molar refractivity (Wildman–Crippen MR) is 326 cm³/mol. The van der Waals surface area contributed by atoms with Crippen molar-refractivity contribution in [2.24, 2.45) is 11.7 Å². The van der Waals surface area contributed by atoms with Gasteiger partial charge in [0.1, 0.15) is 36.4 Å². The highest BCUT2D eigenvalue weighted by Crippen LogP contribution is 2.46. The van der Waals surface area contributed by atoms with E-state index in [-0.39, 0.29) is 66.4 Å². The van der Waals surface area contributed by atoms with Crippen LogP contribution in [0.1, 0.15) is 185 Å². The Morgan fingerprint density at radius 3 is 1.93 bits per heavy atom. The number of aliphatic carboxylic acids is 1. The fraction of sp³-hybridized carbons (Fsp3) is 0.625. The Morgan fingerprint density at radius 1 is 0.770 bits per heavy atom. The number of aliphatic hydroxyl groups is 3. The molecule has 10 atom stereocenters. The molecule has 3 aromatic rings. The number of carboxylic acids is 1. The van der Waals surface area contributed by atoms with Crippen molar-refractivity contribution in [1.82, 2.24) is 26.6 Å². The number of fused-ring (bicyclic) bond motifs is 9. The predicted octanol–water partition coefficient (Wildman–Crippen LogP) is 7.41. The first-order chi connectivity index (χ1) is 41.8. The highest BCUT2D eigenvalue weighted by Gasteiger charge is 2.47. The molecule has 0 aromatic heterocycles. The second-order valence-electron chi connectivity index (χ2n) is 23.4. The van der Waals surface area contributed by atoms with Crippen LogP contribution in [0.25, 0.3) is 0 Å². The summed E-state index contributed by atoms with van der Waals surface area (Å²) in [6, 6.07) is 5.35. The van der Waals surface area contributed by atoms with E-state index in [2.05, 4.69) is 40.4 Å². The van der Waals surface area contributed by atoms with Gasteiger partial charge >= 0.3 is 11.7 Å². The lowest BCUT2D eigenvalue weighted by Gasteiger charge is -2.42. The van der Waals surface area contributed by atoms with E-state index in [0.29, 0.717) is 24.8 Å². The van der Waals surface area contributed by atoms with Gasteiger partial charge in [0.05, 0.1) is 30.7 Å². The Labute approximate surface area is 511 Å². The zero-order valence-corrected chi connectivity index (χ0v) is 51.3. The minimum Gasteiger partial charge on any atom is -0.490 e. The maximum atomic E-state index is 15.3. The Kier molecular flexibility index (Phi) is 30.2. The Hall–Kier alpha value is -6.92. The number of unbranched alkanes of at least 4 members (excludes halogenated alkanes) is 16. The normalized spacial score (nSPS) is 21.2. The number of nitro benzene ring substituents is 1. The number of nitro groups is 1. The first-order valence-corrected chi connectivity index (χ1v) is 31.3. The van der Waals surface area contributed by atoms with Gasteiger partial charge in [0.15, 0.2) is 17.5 Å². The van der Waals surface area contributed by atoms with Crippen LogP contribution in [0.15, 0.2) is 60.7 Å². The monoisotopic (exact) mass is 1220 g/mol. The van der Waals surface area contributed by atoms with Crippen molar-refractivity contribution in [3.8, 4) is 23.0 Å². The maximum absolute atomic E-state index is 15.3. The number of hydrogen-bond donors (Lipinski definition) is 10. The van der Waals surface area contributed by atoms with Crippen LogP contribution in [0.5, 0.6) is 23.0 Å². The zero-order valence-electron chi connectivity index (χ0n) is 51.3. The van der Waals surface area contributed by atoms with E-state index < -0.39 is 119 Å². The molecule has 5 amide bonds. The molecule has 6 rings (SSSR count). The van der Waals surface area contributed by atoms with E-state index in [1.165, 1.54) is 44.2 Å². The number of aliphatic hydroxyl groups excluding tert-OH is 3. The lowest BCUT2D eigenvalue weighted by molar-refractivity contribution is -0.385. The van der Waals surface area contributed by atoms with Gasteiger partial charge in [-0.05, 0) is 60.1 Å².